The first-order valence-electron chi connectivity index (χ1n) is 10.4. The SMILES string of the molecule is C=NC1NC(=O)N(CCCO)C(=O)C1(C)N(COC1CCCC1)Cc1nc(C)cs1. The molecule has 30 heavy (non-hydrogen) atoms. The molecule has 2 N–H and O–H groups in total. The highest BCUT2D eigenvalue weighted by atomic mass is 32.1. The molecular weight excluding hydrogens is 406 g/mol. The van der Waals surface area contributed by atoms with Crippen LogP contribution in [0, 0.1) is 6.92 Å². The number of hydrogen-bond acceptors (Lipinski definition) is 8. The van der Waals surface area contributed by atoms with Gasteiger partial charge in [0.2, 0.25) is 0 Å². The molecule has 2 unspecified atom stereocenters. The van der Waals surface area contributed by atoms with Gasteiger partial charge in [0.15, 0.2) is 0 Å². The van der Waals surface area contributed by atoms with Crippen molar-refractivity contribution >= 4 is 30.0 Å². The summed E-state index contributed by atoms with van der Waals surface area (Å²) in [5.41, 5.74) is -0.272. The first-order chi connectivity index (χ1) is 14.4. The molecule has 166 valence electrons. The molecule has 1 aromatic rings. The largest absolute Gasteiger partial charge is 0.396 e. The molecule has 3 amide bonds. The highest BCUT2D eigenvalue weighted by Gasteiger charge is 2.54. The van der Waals surface area contributed by atoms with E-state index >= 15 is 0 Å². The lowest BCUT2D eigenvalue weighted by atomic mass is 9.91. The predicted molar refractivity (Wildman–Crippen MR) is 114 cm³/mol. The van der Waals surface area contributed by atoms with E-state index < -0.39 is 17.7 Å². The molecule has 1 aliphatic carbocycles. The van der Waals surface area contributed by atoms with Gasteiger partial charge in [0.25, 0.3) is 5.91 Å². The van der Waals surface area contributed by atoms with Crippen LogP contribution < -0.4 is 5.32 Å². The molecule has 3 rings (SSSR count). The number of aliphatic imine (C=N–C) groups is 1. The van der Waals surface area contributed by atoms with Crippen LogP contribution in [0.4, 0.5) is 4.79 Å². The fourth-order valence-electron chi connectivity index (χ4n) is 4.01. The van der Waals surface area contributed by atoms with E-state index in [0.717, 1.165) is 41.3 Å². The standard InChI is InChI=1S/C20H31N5O4S/c1-14-12-30-16(22-14)11-24(13-29-15-7-4-5-8-15)20(2)17(21-3)23-19(28)25(18(20)27)9-6-10-26/h12,15,17,26H,3-11,13H2,1-2H3,(H,23,28). The minimum absolute atomic E-state index is 0.107. The van der Waals surface area contributed by atoms with Crippen LogP contribution in [0.5, 0.6) is 0 Å². The van der Waals surface area contributed by atoms with Crippen LogP contribution in [-0.4, -0.2) is 76.2 Å². The van der Waals surface area contributed by atoms with Crippen LogP contribution in [-0.2, 0) is 16.1 Å². The van der Waals surface area contributed by atoms with Gasteiger partial charge >= 0.3 is 6.03 Å². The third-order valence-electron chi connectivity index (χ3n) is 5.86. The summed E-state index contributed by atoms with van der Waals surface area (Å²) in [6.07, 6.45) is 3.97. The number of hydrogen-bond donors (Lipinski definition) is 2. The van der Waals surface area contributed by atoms with Gasteiger partial charge in [-0.25, -0.2) is 9.78 Å². The van der Waals surface area contributed by atoms with Crippen LogP contribution >= 0.6 is 11.3 Å². The Balaban J connectivity index is 1.89. The lowest BCUT2D eigenvalue weighted by Gasteiger charge is -2.48. The third kappa shape index (κ3) is 4.72. The Hall–Kier alpha value is -1.88. The van der Waals surface area contributed by atoms with Gasteiger partial charge in [0.1, 0.15) is 23.4 Å². The average molecular weight is 438 g/mol. The maximum Gasteiger partial charge on any atom is 0.325 e. The van der Waals surface area contributed by atoms with E-state index in [0.29, 0.717) is 13.0 Å². The molecule has 1 saturated carbocycles. The molecule has 2 fully saturated rings. The van der Waals surface area contributed by atoms with E-state index in [4.69, 9.17) is 4.74 Å². The maximum absolute atomic E-state index is 13.5. The molecule has 1 aliphatic heterocycles. The molecule has 2 atom stereocenters. The lowest BCUT2D eigenvalue weighted by molar-refractivity contribution is -0.154. The Morgan fingerprint density at radius 3 is 2.80 bits per heavy atom. The van der Waals surface area contributed by atoms with Crippen LogP contribution in [0.15, 0.2) is 10.4 Å². The molecule has 2 aliphatic rings. The molecule has 0 bridgehead atoms. The van der Waals surface area contributed by atoms with E-state index in [-0.39, 0.29) is 31.9 Å². The average Bonchev–Trinajstić information content (AvgIpc) is 3.39. The molecular formula is C20H31N5O4S. The van der Waals surface area contributed by atoms with Crippen molar-refractivity contribution in [1.82, 2.24) is 20.1 Å². The fraction of sp³-hybridized carbons (Fsp3) is 0.700. The van der Waals surface area contributed by atoms with E-state index in [1.165, 1.54) is 11.3 Å². The number of carbonyl (C=O) groups excluding carboxylic acids is 2. The summed E-state index contributed by atoms with van der Waals surface area (Å²) in [7, 11) is 0. The number of aromatic nitrogens is 1. The molecule has 2 heterocycles. The van der Waals surface area contributed by atoms with Crippen molar-refractivity contribution in [3.8, 4) is 0 Å². The Morgan fingerprint density at radius 1 is 1.47 bits per heavy atom. The zero-order valence-electron chi connectivity index (χ0n) is 17.7. The number of nitrogens with zero attached hydrogens (tertiary/aromatic N) is 4. The molecule has 0 aromatic carbocycles. The van der Waals surface area contributed by atoms with Gasteiger partial charge in [-0.1, -0.05) is 12.8 Å². The van der Waals surface area contributed by atoms with E-state index in [1.54, 1.807) is 6.92 Å². The van der Waals surface area contributed by atoms with Gasteiger partial charge in [-0.2, -0.15) is 0 Å². The highest BCUT2D eigenvalue weighted by Crippen LogP contribution is 2.31. The monoisotopic (exact) mass is 437 g/mol. The topological polar surface area (TPSA) is 107 Å². The van der Waals surface area contributed by atoms with Gasteiger partial charge in [-0.15, -0.1) is 11.3 Å². The van der Waals surface area contributed by atoms with Crippen LogP contribution in [0.2, 0.25) is 0 Å². The number of aliphatic hydroxyl groups excluding tert-OH is 1. The smallest absolute Gasteiger partial charge is 0.325 e. The van der Waals surface area contributed by atoms with E-state index in [9.17, 15) is 14.7 Å². The number of carbonyl (C=O) groups is 2. The number of rotatable bonds is 10. The highest BCUT2D eigenvalue weighted by molar-refractivity contribution is 7.09. The lowest BCUT2D eigenvalue weighted by Crippen LogP contribution is -2.74. The number of aliphatic hydroxyl groups is 1. The first-order valence-corrected chi connectivity index (χ1v) is 11.2. The number of ether oxygens (including phenoxy) is 1. The Labute approximate surface area is 181 Å². The third-order valence-corrected chi connectivity index (χ3v) is 6.81. The number of aryl methyl sites for hydroxylation is 1. The summed E-state index contributed by atoms with van der Waals surface area (Å²) in [6, 6.07) is -0.523. The second-order valence-electron chi connectivity index (χ2n) is 8.00. The van der Waals surface area contributed by atoms with Crippen LogP contribution in [0.1, 0.15) is 49.7 Å². The van der Waals surface area contributed by atoms with Gasteiger partial charge in [0, 0.05) is 24.2 Å². The Morgan fingerprint density at radius 2 is 2.20 bits per heavy atom. The summed E-state index contributed by atoms with van der Waals surface area (Å²) in [6.45, 7) is 7.94. The summed E-state index contributed by atoms with van der Waals surface area (Å²) in [5.74, 6) is -0.375. The van der Waals surface area contributed by atoms with Gasteiger partial charge in [-0.05, 0) is 39.8 Å². The minimum Gasteiger partial charge on any atom is -0.396 e. The normalized spacial score (nSPS) is 25.2. The number of nitrogens with one attached hydrogen (secondary N) is 1. The summed E-state index contributed by atoms with van der Waals surface area (Å²) < 4.78 is 6.16. The van der Waals surface area contributed by atoms with Gasteiger partial charge in [-0.3, -0.25) is 19.6 Å². The zero-order valence-corrected chi connectivity index (χ0v) is 18.5. The molecule has 1 aromatic heterocycles. The summed E-state index contributed by atoms with van der Waals surface area (Å²) in [4.78, 5) is 37.7. The van der Waals surface area contributed by atoms with Crippen molar-refractivity contribution in [2.75, 3.05) is 19.9 Å². The Bertz CT molecular complexity index is 766. The molecule has 1 saturated heterocycles. The minimum atomic E-state index is -1.19. The second kappa shape index (κ2) is 9.95. The maximum atomic E-state index is 13.5. The molecule has 9 nitrogen and oxygen atoms in total. The van der Waals surface area contributed by atoms with Crippen molar-refractivity contribution in [2.24, 2.45) is 4.99 Å². The van der Waals surface area contributed by atoms with Crippen molar-refractivity contribution < 1.29 is 19.4 Å². The van der Waals surface area contributed by atoms with Crippen molar-refractivity contribution in [1.29, 1.82) is 0 Å². The summed E-state index contributed by atoms with van der Waals surface area (Å²) >= 11 is 1.52. The summed E-state index contributed by atoms with van der Waals surface area (Å²) in [5, 5.41) is 14.8. The zero-order chi connectivity index (χ0) is 21.7. The first kappa shape index (κ1) is 22.8. The number of urea groups is 1. The van der Waals surface area contributed by atoms with Crippen molar-refractivity contribution in [2.45, 2.75) is 70.3 Å². The number of imide groups is 1. The van der Waals surface area contributed by atoms with Crippen molar-refractivity contribution in [3.63, 3.8) is 0 Å². The van der Waals surface area contributed by atoms with E-state index in [1.807, 2.05) is 17.2 Å². The second-order valence-corrected chi connectivity index (χ2v) is 8.94. The quantitative estimate of drug-likeness (QED) is 0.428. The molecule has 0 spiro atoms. The fourth-order valence-corrected chi connectivity index (χ4v) is 4.80. The number of thiazole rings is 1. The van der Waals surface area contributed by atoms with Crippen LogP contribution in [0.25, 0.3) is 0 Å². The predicted octanol–water partition coefficient (Wildman–Crippen LogP) is 1.89. The Kier molecular flexibility index (Phi) is 7.56. The van der Waals surface area contributed by atoms with Gasteiger partial charge in [0.05, 0.1) is 12.6 Å². The van der Waals surface area contributed by atoms with E-state index in [2.05, 4.69) is 22.0 Å². The molecule has 0 radical (unpaired) electrons. The molecule has 10 heteroatoms. The number of amides is 3. The van der Waals surface area contributed by atoms with Gasteiger partial charge < -0.3 is 15.2 Å². The van der Waals surface area contributed by atoms with Crippen LogP contribution in [0.3, 0.4) is 0 Å². The van der Waals surface area contributed by atoms with Crippen molar-refractivity contribution in [3.05, 3.63) is 16.1 Å².